The molecule has 1 amide bonds. The summed E-state index contributed by atoms with van der Waals surface area (Å²) < 4.78 is 11.0. The molecule has 4 rings (SSSR count). The molecular weight excluding hydrogens is 330 g/mol. The van der Waals surface area contributed by atoms with Gasteiger partial charge < -0.3 is 14.2 Å². The number of aromatic nitrogens is 2. The second-order valence-electron chi connectivity index (χ2n) is 6.66. The fourth-order valence-corrected chi connectivity index (χ4v) is 3.38. The molecule has 6 nitrogen and oxygen atoms in total. The second-order valence-corrected chi connectivity index (χ2v) is 6.66. The van der Waals surface area contributed by atoms with E-state index in [9.17, 15) is 4.79 Å². The van der Waals surface area contributed by atoms with Crippen LogP contribution in [0.4, 0.5) is 0 Å². The zero-order valence-corrected chi connectivity index (χ0v) is 14.7. The minimum absolute atomic E-state index is 0.0147. The van der Waals surface area contributed by atoms with Crippen molar-refractivity contribution in [2.75, 3.05) is 19.7 Å². The van der Waals surface area contributed by atoms with E-state index in [2.05, 4.69) is 16.2 Å². The average molecular weight is 351 g/mol. The summed E-state index contributed by atoms with van der Waals surface area (Å²) in [7, 11) is 0. The summed E-state index contributed by atoms with van der Waals surface area (Å²) in [6.45, 7) is 3.18. The summed E-state index contributed by atoms with van der Waals surface area (Å²) in [5.41, 5.74) is 0. The Morgan fingerprint density at radius 3 is 2.92 bits per heavy atom. The van der Waals surface area contributed by atoms with Crippen molar-refractivity contribution < 1.29 is 14.1 Å². The number of piperidine rings is 1. The van der Waals surface area contributed by atoms with Crippen LogP contribution < -0.4 is 4.74 Å². The van der Waals surface area contributed by atoms with Gasteiger partial charge in [0.05, 0.1) is 5.92 Å². The van der Waals surface area contributed by atoms with Crippen LogP contribution in [-0.2, 0) is 4.79 Å². The summed E-state index contributed by atoms with van der Waals surface area (Å²) in [4.78, 5) is 18.7. The summed E-state index contributed by atoms with van der Waals surface area (Å²) in [6.07, 6.45) is 1.88. The third-order valence-corrected chi connectivity index (χ3v) is 4.75. The van der Waals surface area contributed by atoms with Crippen LogP contribution in [0.15, 0.2) is 47.0 Å². The lowest BCUT2D eigenvalue weighted by Gasteiger charge is -2.30. The highest BCUT2D eigenvalue weighted by Crippen LogP contribution is 2.26. The van der Waals surface area contributed by atoms with E-state index in [0.717, 1.165) is 30.2 Å². The first kappa shape index (κ1) is 16.6. The molecule has 0 radical (unpaired) electrons. The average Bonchev–Trinajstić information content (AvgIpc) is 3.12. The number of benzene rings is 2. The third-order valence-electron chi connectivity index (χ3n) is 4.75. The molecule has 1 aromatic heterocycles. The van der Waals surface area contributed by atoms with Crippen LogP contribution in [0.3, 0.4) is 0 Å². The third kappa shape index (κ3) is 3.54. The van der Waals surface area contributed by atoms with Crippen molar-refractivity contribution in [1.82, 2.24) is 15.0 Å². The highest BCUT2D eigenvalue weighted by molar-refractivity contribution is 5.84. The molecule has 0 unspecified atom stereocenters. The van der Waals surface area contributed by atoms with E-state index in [-0.39, 0.29) is 18.4 Å². The number of aryl methyl sites for hydroxylation is 1. The molecule has 1 atom stereocenters. The Labute approximate surface area is 151 Å². The molecule has 1 aliphatic rings. The van der Waals surface area contributed by atoms with Gasteiger partial charge in [-0.2, -0.15) is 4.98 Å². The van der Waals surface area contributed by atoms with E-state index in [0.29, 0.717) is 24.0 Å². The molecule has 3 aromatic rings. The lowest BCUT2D eigenvalue weighted by atomic mass is 9.98. The maximum atomic E-state index is 12.6. The molecule has 1 fully saturated rings. The van der Waals surface area contributed by atoms with E-state index in [1.807, 2.05) is 41.3 Å². The Balaban J connectivity index is 1.37. The van der Waals surface area contributed by atoms with Gasteiger partial charge in [0, 0.05) is 13.1 Å². The number of carbonyl (C=O) groups excluding carboxylic acids is 1. The first-order valence-electron chi connectivity index (χ1n) is 8.88. The Morgan fingerprint density at radius 2 is 2.12 bits per heavy atom. The quantitative estimate of drug-likeness (QED) is 0.721. The van der Waals surface area contributed by atoms with Gasteiger partial charge in [-0.1, -0.05) is 35.5 Å². The number of fused-ring (bicyclic) bond motifs is 1. The lowest BCUT2D eigenvalue weighted by molar-refractivity contribution is -0.134. The summed E-state index contributed by atoms with van der Waals surface area (Å²) in [5, 5.41) is 6.10. The smallest absolute Gasteiger partial charge is 0.260 e. The summed E-state index contributed by atoms with van der Waals surface area (Å²) in [6, 6.07) is 13.9. The number of nitrogens with zero attached hydrogens (tertiary/aromatic N) is 3. The molecule has 0 N–H and O–H groups in total. The minimum Gasteiger partial charge on any atom is -0.484 e. The van der Waals surface area contributed by atoms with Crippen LogP contribution in [-0.4, -0.2) is 40.6 Å². The number of ether oxygens (including phenoxy) is 1. The van der Waals surface area contributed by atoms with E-state index in [1.165, 1.54) is 0 Å². The van der Waals surface area contributed by atoms with E-state index >= 15 is 0 Å². The Bertz CT molecular complexity index is 921. The number of amides is 1. The molecule has 2 aromatic carbocycles. The number of rotatable bonds is 4. The first-order valence-corrected chi connectivity index (χ1v) is 8.88. The fourth-order valence-electron chi connectivity index (χ4n) is 3.38. The molecule has 0 bridgehead atoms. The van der Waals surface area contributed by atoms with E-state index in [4.69, 9.17) is 9.26 Å². The van der Waals surface area contributed by atoms with Crippen LogP contribution in [0.5, 0.6) is 5.75 Å². The number of carbonyl (C=O) groups is 1. The number of likely N-dealkylation sites (tertiary alicyclic amines) is 1. The zero-order chi connectivity index (χ0) is 17.9. The van der Waals surface area contributed by atoms with Crippen molar-refractivity contribution in [3.05, 3.63) is 54.2 Å². The highest BCUT2D eigenvalue weighted by atomic mass is 16.5. The monoisotopic (exact) mass is 351 g/mol. The van der Waals surface area contributed by atoms with Crippen LogP contribution >= 0.6 is 0 Å². The van der Waals surface area contributed by atoms with Crippen LogP contribution in [0.1, 0.15) is 30.5 Å². The zero-order valence-electron chi connectivity index (χ0n) is 14.7. The molecule has 0 saturated carbocycles. The van der Waals surface area contributed by atoms with Crippen LogP contribution in [0.25, 0.3) is 10.8 Å². The van der Waals surface area contributed by atoms with Crippen molar-refractivity contribution in [2.24, 2.45) is 0 Å². The van der Waals surface area contributed by atoms with E-state index in [1.54, 1.807) is 6.92 Å². The van der Waals surface area contributed by atoms with Gasteiger partial charge >= 0.3 is 0 Å². The topological polar surface area (TPSA) is 68.5 Å². The Kier molecular flexibility index (Phi) is 4.56. The molecule has 1 saturated heterocycles. The maximum absolute atomic E-state index is 12.6. The number of hydrogen-bond donors (Lipinski definition) is 0. The predicted molar refractivity (Wildman–Crippen MR) is 97.0 cm³/mol. The molecule has 0 aliphatic carbocycles. The van der Waals surface area contributed by atoms with Crippen molar-refractivity contribution in [3.8, 4) is 5.75 Å². The van der Waals surface area contributed by atoms with Crippen molar-refractivity contribution in [2.45, 2.75) is 25.7 Å². The normalized spacial score (nSPS) is 17.4. The molecule has 134 valence electrons. The standard InChI is InChI=1S/C20H21N3O3/c1-14-21-20(26-22-14)17-7-4-10-23(12-17)19(24)13-25-18-9-8-15-5-2-3-6-16(15)11-18/h2-3,5-6,8-9,11,17H,4,7,10,12-13H2,1H3/t17-/m1/s1. The van der Waals surface area contributed by atoms with Crippen LogP contribution in [0.2, 0.25) is 0 Å². The van der Waals surface area contributed by atoms with Crippen molar-refractivity contribution >= 4 is 16.7 Å². The highest BCUT2D eigenvalue weighted by Gasteiger charge is 2.28. The van der Waals surface area contributed by atoms with Gasteiger partial charge in [-0.25, -0.2) is 0 Å². The predicted octanol–water partition coefficient (Wildman–Crippen LogP) is 3.32. The van der Waals surface area contributed by atoms with Gasteiger partial charge in [0.25, 0.3) is 5.91 Å². The first-order chi connectivity index (χ1) is 12.7. The molecular formula is C20H21N3O3. The Hall–Kier alpha value is -2.89. The van der Waals surface area contributed by atoms with Gasteiger partial charge in [0.2, 0.25) is 5.89 Å². The summed E-state index contributed by atoms with van der Waals surface area (Å²) in [5.74, 6) is 2.05. The molecule has 1 aliphatic heterocycles. The van der Waals surface area contributed by atoms with Crippen LogP contribution in [0, 0.1) is 6.92 Å². The minimum atomic E-state index is -0.0147. The number of hydrogen-bond acceptors (Lipinski definition) is 5. The van der Waals surface area contributed by atoms with Gasteiger partial charge in [0.15, 0.2) is 12.4 Å². The van der Waals surface area contributed by atoms with Gasteiger partial charge in [-0.3, -0.25) is 4.79 Å². The molecule has 0 spiro atoms. The van der Waals surface area contributed by atoms with Gasteiger partial charge in [0.1, 0.15) is 5.75 Å². The molecule has 6 heteroatoms. The Morgan fingerprint density at radius 1 is 1.27 bits per heavy atom. The van der Waals surface area contributed by atoms with E-state index < -0.39 is 0 Å². The van der Waals surface area contributed by atoms with Gasteiger partial charge in [-0.05, 0) is 42.7 Å². The summed E-state index contributed by atoms with van der Waals surface area (Å²) >= 11 is 0. The maximum Gasteiger partial charge on any atom is 0.260 e. The molecule has 26 heavy (non-hydrogen) atoms. The lowest BCUT2D eigenvalue weighted by Crippen LogP contribution is -2.41. The molecule has 2 heterocycles. The SMILES string of the molecule is Cc1noc([C@@H]2CCCN(C(=O)COc3ccc4ccccc4c3)C2)n1. The van der Waals surface area contributed by atoms with Crippen molar-refractivity contribution in [1.29, 1.82) is 0 Å². The van der Waals surface area contributed by atoms with Gasteiger partial charge in [-0.15, -0.1) is 0 Å². The van der Waals surface area contributed by atoms with Crippen molar-refractivity contribution in [3.63, 3.8) is 0 Å². The largest absolute Gasteiger partial charge is 0.484 e. The fraction of sp³-hybridized carbons (Fsp3) is 0.350. The second kappa shape index (κ2) is 7.15.